The number of sulfonamides is 1. The number of hydrogen-bond acceptors (Lipinski definition) is 4. The molecule has 0 aliphatic carbocycles. The van der Waals surface area contributed by atoms with Crippen molar-refractivity contribution in [3.8, 4) is 0 Å². The fourth-order valence-electron chi connectivity index (χ4n) is 3.66. The van der Waals surface area contributed by atoms with Crippen molar-refractivity contribution in [2.75, 3.05) is 30.2 Å². The van der Waals surface area contributed by atoms with E-state index in [0.717, 1.165) is 47.2 Å². The third-order valence-electron chi connectivity index (χ3n) is 5.57. The van der Waals surface area contributed by atoms with Crippen molar-refractivity contribution in [2.24, 2.45) is 0 Å². The largest absolute Gasteiger partial charge is 0.354 e. The molecule has 2 rings (SSSR count). The number of unbranched alkanes of at least 4 members (excludes halogenated alkanes) is 1. The number of nitrogens with one attached hydrogen (secondary N) is 1. The summed E-state index contributed by atoms with van der Waals surface area (Å²) in [5.41, 5.74) is 0.773. The van der Waals surface area contributed by atoms with Crippen molar-refractivity contribution in [3.05, 3.63) is 65.7 Å². The van der Waals surface area contributed by atoms with Gasteiger partial charge in [-0.25, -0.2) is 17.2 Å². The Kier molecular flexibility index (Phi) is 10.6. The van der Waals surface area contributed by atoms with Gasteiger partial charge in [-0.3, -0.25) is 13.9 Å². The Morgan fingerprint density at radius 3 is 2.29 bits per heavy atom. The van der Waals surface area contributed by atoms with Gasteiger partial charge < -0.3 is 10.2 Å². The molecule has 1 atom stereocenters. The zero-order valence-corrected chi connectivity index (χ0v) is 21.2. The first kappa shape index (κ1) is 28.2. The molecule has 0 saturated heterocycles. The van der Waals surface area contributed by atoms with Gasteiger partial charge >= 0.3 is 0 Å². The SMILES string of the molecule is CCCCNC(=O)[C@@H](CC)N(CCc1ccccc1)C(=O)CN(c1ccc(F)c(F)c1)S(C)(=O)=O. The molecular weight excluding hydrogens is 476 g/mol. The van der Waals surface area contributed by atoms with Crippen LogP contribution >= 0.6 is 0 Å². The van der Waals surface area contributed by atoms with E-state index in [9.17, 15) is 26.8 Å². The van der Waals surface area contributed by atoms with Gasteiger partial charge in [-0.1, -0.05) is 50.6 Å². The van der Waals surface area contributed by atoms with Crippen molar-refractivity contribution in [2.45, 2.75) is 45.6 Å². The predicted molar refractivity (Wildman–Crippen MR) is 132 cm³/mol. The first-order chi connectivity index (χ1) is 16.6. The summed E-state index contributed by atoms with van der Waals surface area (Å²) in [7, 11) is -4.02. The highest BCUT2D eigenvalue weighted by Gasteiger charge is 2.31. The van der Waals surface area contributed by atoms with Gasteiger partial charge in [0.2, 0.25) is 21.8 Å². The van der Waals surface area contributed by atoms with E-state index in [1.165, 1.54) is 4.90 Å². The summed E-state index contributed by atoms with van der Waals surface area (Å²) in [5.74, 6) is -3.30. The minimum atomic E-state index is -4.02. The van der Waals surface area contributed by atoms with Crippen LogP contribution in [0.25, 0.3) is 0 Å². The van der Waals surface area contributed by atoms with Crippen molar-refractivity contribution in [1.29, 1.82) is 0 Å². The normalized spacial score (nSPS) is 12.1. The highest BCUT2D eigenvalue weighted by atomic mass is 32.2. The molecule has 0 bridgehead atoms. The second kappa shape index (κ2) is 13.2. The van der Waals surface area contributed by atoms with Crippen LogP contribution in [-0.4, -0.2) is 57.1 Å². The van der Waals surface area contributed by atoms with Gasteiger partial charge in [0, 0.05) is 19.2 Å². The van der Waals surface area contributed by atoms with Crippen LogP contribution < -0.4 is 9.62 Å². The van der Waals surface area contributed by atoms with Crippen molar-refractivity contribution >= 4 is 27.5 Å². The highest BCUT2D eigenvalue weighted by molar-refractivity contribution is 7.92. The first-order valence-electron chi connectivity index (χ1n) is 11.6. The van der Waals surface area contributed by atoms with Crippen LogP contribution in [0.15, 0.2) is 48.5 Å². The van der Waals surface area contributed by atoms with Gasteiger partial charge in [0.05, 0.1) is 11.9 Å². The molecule has 0 fully saturated rings. The van der Waals surface area contributed by atoms with E-state index in [0.29, 0.717) is 19.4 Å². The van der Waals surface area contributed by atoms with Crippen LogP contribution in [0.4, 0.5) is 14.5 Å². The molecule has 0 spiro atoms. The molecule has 192 valence electrons. The van der Waals surface area contributed by atoms with Gasteiger partial charge in [0.15, 0.2) is 11.6 Å². The van der Waals surface area contributed by atoms with Crippen molar-refractivity contribution in [1.82, 2.24) is 10.2 Å². The van der Waals surface area contributed by atoms with Gasteiger partial charge in [-0.05, 0) is 37.0 Å². The number of amides is 2. The number of nitrogens with zero attached hydrogens (tertiary/aromatic N) is 2. The summed E-state index contributed by atoms with van der Waals surface area (Å²) in [6, 6.07) is 11.2. The molecule has 7 nitrogen and oxygen atoms in total. The molecule has 0 aromatic heterocycles. The zero-order chi connectivity index (χ0) is 26.0. The van der Waals surface area contributed by atoms with Gasteiger partial charge in [-0.2, -0.15) is 0 Å². The van der Waals surface area contributed by atoms with Crippen LogP contribution in [0.1, 0.15) is 38.7 Å². The molecule has 1 N–H and O–H groups in total. The number of anilines is 1. The lowest BCUT2D eigenvalue weighted by molar-refractivity contribution is -0.139. The van der Waals surface area contributed by atoms with Crippen LogP contribution in [0.2, 0.25) is 0 Å². The summed E-state index contributed by atoms with van der Waals surface area (Å²) in [6.45, 7) is 3.76. The fraction of sp³-hybridized carbons (Fsp3) is 0.440. The summed E-state index contributed by atoms with van der Waals surface area (Å²) in [6.07, 6.45) is 3.34. The standard InChI is InChI=1S/C25H33F2N3O4S/c1-4-6-15-28-25(32)23(5-2)29(16-14-19-10-8-7-9-11-19)24(31)18-30(35(3,33)34)20-12-13-21(26)22(27)17-20/h7-13,17,23H,4-6,14-16,18H2,1-3H3,(H,28,32)/t23-/m1/s1. The molecule has 10 heteroatoms. The van der Waals surface area contributed by atoms with E-state index in [4.69, 9.17) is 0 Å². The molecular formula is C25H33F2N3O4S. The van der Waals surface area contributed by atoms with Gasteiger partial charge in [-0.15, -0.1) is 0 Å². The van der Waals surface area contributed by atoms with Gasteiger partial charge in [0.25, 0.3) is 0 Å². The molecule has 0 unspecified atom stereocenters. The monoisotopic (exact) mass is 509 g/mol. The average molecular weight is 510 g/mol. The number of carbonyl (C=O) groups excluding carboxylic acids is 2. The Bertz CT molecular complexity index is 1100. The molecule has 0 aliphatic heterocycles. The number of hydrogen-bond donors (Lipinski definition) is 1. The minimum absolute atomic E-state index is 0.178. The highest BCUT2D eigenvalue weighted by Crippen LogP contribution is 2.21. The zero-order valence-electron chi connectivity index (χ0n) is 20.3. The smallest absolute Gasteiger partial charge is 0.244 e. The Labute approximate surface area is 206 Å². The Morgan fingerprint density at radius 2 is 1.71 bits per heavy atom. The second-order valence-electron chi connectivity index (χ2n) is 8.26. The third-order valence-corrected chi connectivity index (χ3v) is 6.71. The summed E-state index contributed by atoms with van der Waals surface area (Å²) >= 11 is 0. The summed E-state index contributed by atoms with van der Waals surface area (Å²) in [5, 5.41) is 2.84. The predicted octanol–water partition coefficient (Wildman–Crippen LogP) is 3.50. The topological polar surface area (TPSA) is 86.8 Å². The van der Waals surface area contributed by atoms with E-state index in [1.807, 2.05) is 37.3 Å². The first-order valence-corrected chi connectivity index (χ1v) is 13.5. The Morgan fingerprint density at radius 1 is 1.03 bits per heavy atom. The van der Waals surface area contributed by atoms with Crippen LogP contribution in [0.5, 0.6) is 0 Å². The van der Waals surface area contributed by atoms with Crippen LogP contribution in [0.3, 0.4) is 0 Å². The van der Waals surface area contributed by atoms with E-state index < -0.39 is 40.2 Å². The molecule has 0 radical (unpaired) electrons. The lowest BCUT2D eigenvalue weighted by Gasteiger charge is -2.32. The Balaban J connectivity index is 2.34. The summed E-state index contributed by atoms with van der Waals surface area (Å²) in [4.78, 5) is 27.7. The van der Waals surface area contributed by atoms with Crippen LogP contribution in [0, 0.1) is 11.6 Å². The number of carbonyl (C=O) groups is 2. The average Bonchev–Trinajstić information content (AvgIpc) is 2.82. The summed E-state index contributed by atoms with van der Waals surface area (Å²) < 4.78 is 52.9. The molecule has 2 aromatic carbocycles. The van der Waals surface area contributed by atoms with E-state index in [1.54, 1.807) is 6.92 Å². The molecule has 35 heavy (non-hydrogen) atoms. The van der Waals surface area contributed by atoms with E-state index in [2.05, 4.69) is 5.32 Å². The molecule has 2 aromatic rings. The second-order valence-corrected chi connectivity index (χ2v) is 10.2. The molecule has 2 amide bonds. The lowest BCUT2D eigenvalue weighted by atomic mass is 10.1. The number of rotatable bonds is 13. The van der Waals surface area contributed by atoms with Crippen molar-refractivity contribution in [3.63, 3.8) is 0 Å². The van der Waals surface area contributed by atoms with Gasteiger partial charge in [0.1, 0.15) is 12.6 Å². The maximum atomic E-state index is 13.8. The van der Waals surface area contributed by atoms with Crippen LogP contribution in [-0.2, 0) is 26.0 Å². The quantitative estimate of drug-likeness (QED) is 0.419. The fourth-order valence-corrected chi connectivity index (χ4v) is 4.50. The third kappa shape index (κ3) is 8.31. The molecule has 0 aliphatic rings. The van der Waals surface area contributed by atoms with Crippen molar-refractivity contribution < 1.29 is 26.8 Å². The number of halogens is 2. The maximum Gasteiger partial charge on any atom is 0.244 e. The minimum Gasteiger partial charge on any atom is -0.354 e. The lowest BCUT2D eigenvalue weighted by Crippen LogP contribution is -2.53. The molecule has 0 saturated carbocycles. The number of benzene rings is 2. The van der Waals surface area contributed by atoms with E-state index in [-0.39, 0.29) is 18.1 Å². The van der Waals surface area contributed by atoms with E-state index >= 15 is 0 Å². The maximum absolute atomic E-state index is 13.8. The molecule has 0 heterocycles. The Hall–Kier alpha value is -3.01.